The topological polar surface area (TPSA) is 53.1 Å². The first kappa shape index (κ1) is 16.4. The molecule has 21 heavy (non-hydrogen) atoms. The number of thioether (sulfide) groups is 1. The van der Waals surface area contributed by atoms with Crippen molar-refractivity contribution in [2.75, 3.05) is 43.1 Å². The lowest BCUT2D eigenvalue weighted by Crippen LogP contribution is -2.34. The number of nitrogens with zero attached hydrogens (tertiary/aromatic N) is 3. The molecule has 1 aromatic heterocycles. The van der Waals surface area contributed by atoms with Crippen molar-refractivity contribution in [2.24, 2.45) is 0 Å². The number of hydrogen-bond acceptors (Lipinski definition) is 6. The van der Waals surface area contributed by atoms with Crippen LogP contribution in [0.15, 0.2) is 11.2 Å². The summed E-state index contributed by atoms with van der Waals surface area (Å²) in [4.78, 5) is 11.6. The van der Waals surface area contributed by atoms with Crippen LogP contribution in [0.2, 0.25) is 0 Å². The average molecular weight is 309 g/mol. The Bertz CT molecular complexity index is 440. The predicted octanol–water partition coefficient (Wildman–Crippen LogP) is 2.92. The third kappa shape index (κ3) is 4.74. The molecule has 1 unspecified atom stereocenters. The largest absolute Gasteiger partial charge is 0.370 e. The zero-order valence-corrected chi connectivity index (χ0v) is 14.2. The van der Waals surface area contributed by atoms with Crippen LogP contribution in [-0.2, 0) is 0 Å². The predicted molar refractivity (Wildman–Crippen MR) is 91.4 cm³/mol. The lowest BCUT2D eigenvalue weighted by atomic mass is 10.2. The molecule has 0 saturated carbocycles. The third-order valence-electron chi connectivity index (χ3n) is 3.87. The Morgan fingerprint density at radius 1 is 1.29 bits per heavy atom. The van der Waals surface area contributed by atoms with Crippen LogP contribution in [0, 0.1) is 0 Å². The second-order valence-electron chi connectivity index (χ2n) is 5.36. The molecule has 1 aliphatic heterocycles. The van der Waals surface area contributed by atoms with E-state index >= 15 is 0 Å². The zero-order chi connectivity index (χ0) is 15.1. The Balaban J connectivity index is 1.97. The highest BCUT2D eigenvalue weighted by atomic mass is 32.2. The average Bonchev–Trinajstić information content (AvgIpc) is 2.98. The summed E-state index contributed by atoms with van der Waals surface area (Å²) < 4.78 is 0. The van der Waals surface area contributed by atoms with Gasteiger partial charge in [-0.2, -0.15) is 0 Å². The van der Waals surface area contributed by atoms with Crippen LogP contribution in [0.5, 0.6) is 0 Å². The summed E-state index contributed by atoms with van der Waals surface area (Å²) in [6.45, 7) is 8.66. The molecule has 1 saturated heterocycles. The van der Waals surface area contributed by atoms with Gasteiger partial charge < -0.3 is 10.6 Å². The number of nitrogens with one attached hydrogen (secondary N) is 2. The maximum absolute atomic E-state index is 4.55. The van der Waals surface area contributed by atoms with E-state index in [4.69, 9.17) is 0 Å². The van der Waals surface area contributed by atoms with E-state index in [1.807, 2.05) is 12.3 Å². The Labute approximate surface area is 132 Å². The molecule has 2 rings (SSSR count). The molecule has 0 aliphatic carbocycles. The van der Waals surface area contributed by atoms with Crippen LogP contribution < -0.4 is 10.6 Å². The number of hydrogen-bond donors (Lipinski definition) is 2. The van der Waals surface area contributed by atoms with E-state index in [0.717, 1.165) is 42.8 Å². The highest BCUT2D eigenvalue weighted by Crippen LogP contribution is 2.20. The minimum Gasteiger partial charge on any atom is -0.370 e. The van der Waals surface area contributed by atoms with Crippen molar-refractivity contribution in [3.63, 3.8) is 0 Å². The monoisotopic (exact) mass is 309 g/mol. The lowest BCUT2D eigenvalue weighted by molar-refractivity contribution is 0.277. The summed E-state index contributed by atoms with van der Waals surface area (Å²) in [5.41, 5.74) is 0. The maximum Gasteiger partial charge on any atom is 0.191 e. The van der Waals surface area contributed by atoms with Crippen molar-refractivity contribution < 1.29 is 0 Å². The first-order chi connectivity index (χ1) is 10.3. The fourth-order valence-electron chi connectivity index (χ4n) is 2.72. The molecule has 2 N–H and O–H groups in total. The van der Waals surface area contributed by atoms with Gasteiger partial charge in [-0.3, -0.25) is 4.90 Å². The Hall–Kier alpha value is -1.01. The van der Waals surface area contributed by atoms with Gasteiger partial charge >= 0.3 is 0 Å². The van der Waals surface area contributed by atoms with Crippen LogP contribution in [0.1, 0.15) is 33.1 Å². The van der Waals surface area contributed by atoms with Crippen LogP contribution in [-0.4, -0.2) is 53.3 Å². The van der Waals surface area contributed by atoms with Crippen LogP contribution in [0.25, 0.3) is 0 Å². The van der Waals surface area contributed by atoms with E-state index in [1.54, 1.807) is 11.8 Å². The van der Waals surface area contributed by atoms with Gasteiger partial charge in [0, 0.05) is 25.2 Å². The van der Waals surface area contributed by atoms with E-state index in [2.05, 4.69) is 39.3 Å². The van der Waals surface area contributed by atoms with E-state index in [-0.39, 0.29) is 0 Å². The van der Waals surface area contributed by atoms with Gasteiger partial charge in [0.05, 0.1) is 0 Å². The molecule has 0 aromatic carbocycles. The van der Waals surface area contributed by atoms with Crippen molar-refractivity contribution in [1.82, 2.24) is 14.9 Å². The molecule has 0 spiro atoms. The van der Waals surface area contributed by atoms with Crippen molar-refractivity contribution in [3.8, 4) is 0 Å². The second kappa shape index (κ2) is 8.44. The van der Waals surface area contributed by atoms with Gasteiger partial charge in [-0.15, -0.1) is 0 Å². The van der Waals surface area contributed by atoms with Gasteiger partial charge in [-0.25, -0.2) is 9.97 Å². The van der Waals surface area contributed by atoms with E-state index in [1.165, 1.54) is 19.4 Å². The van der Waals surface area contributed by atoms with Gasteiger partial charge in [0.15, 0.2) is 5.16 Å². The first-order valence-corrected chi connectivity index (χ1v) is 9.14. The SMILES string of the molecule is CCCNc1cc(NCC2CCCN2CC)nc(SC)n1. The van der Waals surface area contributed by atoms with E-state index in [0.29, 0.717) is 6.04 Å². The summed E-state index contributed by atoms with van der Waals surface area (Å²) >= 11 is 1.58. The van der Waals surface area contributed by atoms with Crippen molar-refractivity contribution in [1.29, 1.82) is 0 Å². The van der Waals surface area contributed by atoms with Crippen LogP contribution in [0.3, 0.4) is 0 Å². The Kier molecular flexibility index (Phi) is 6.57. The summed E-state index contributed by atoms with van der Waals surface area (Å²) in [6.07, 6.45) is 5.69. The van der Waals surface area contributed by atoms with E-state index in [9.17, 15) is 0 Å². The quantitative estimate of drug-likeness (QED) is 0.569. The lowest BCUT2D eigenvalue weighted by Gasteiger charge is -2.23. The standard InChI is InChI=1S/C15H27N5S/c1-4-8-16-13-10-14(19-15(18-13)21-3)17-11-12-7-6-9-20(12)5-2/h10,12H,4-9,11H2,1-3H3,(H2,16,17,18,19). The number of anilines is 2. The van der Waals surface area contributed by atoms with Crippen LogP contribution >= 0.6 is 11.8 Å². The van der Waals surface area contributed by atoms with Gasteiger partial charge in [0.1, 0.15) is 11.6 Å². The molecule has 1 fully saturated rings. The summed E-state index contributed by atoms with van der Waals surface area (Å²) in [5, 5.41) is 7.66. The number of likely N-dealkylation sites (N-methyl/N-ethyl adjacent to an activating group) is 1. The molecule has 0 bridgehead atoms. The number of rotatable bonds is 8. The molecule has 1 atom stereocenters. The first-order valence-electron chi connectivity index (χ1n) is 7.91. The Morgan fingerprint density at radius 2 is 2.05 bits per heavy atom. The van der Waals surface area contributed by atoms with Gasteiger partial charge in [-0.05, 0) is 38.6 Å². The molecule has 0 radical (unpaired) electrons. The second-order valence-corrected chi connectivity index (χ2v) is 6.13. The van der Waals surface area contributed by atoms with Crippen molar-refractivity contribution in [3.05, 3.63) is 6.07 Å². The molecule has 1 aliphatic rings. The summed E-state index contributed by atoms with van der Waals surface area (Å²) in [5.74, 6) is 1.84. The van der Waals surface area contributed by atoms with Crippen LogP contribution in [0.4, 0.5) is 11.6 Å². The molecule has 1 aromatic rings. The van der Waals surface area contributed by atoms with Crippen molar-refractivity contribution >= 4 is 23.4 Å². The Morgan fingerprint density at radius 3 is 2.71 bits per heavy atom. The minimum absolute atomic E-state index is 0.634. The summed E-state index contributed by atoms with van der Waals surface area (Å²) in [7, 11) is 0. The molecule has 0 amide bonds. The molecular formula is C15H27N5S. The zero-order valence-electron chi connectivity index (χ0n) is 13.4. The molecule has 5 nitrogen and oxygen atoms in total. The molecule has 6 heteroatoms. The highest BCUT2D eigenvalue weighted by Gasteiger charge is 2.22. The molecular weight excluding hydrogens is 282 g/mol. The van der Waals surface area contributed by atoms with Gasteiger partial charge in [0.25, 0.3) is 0 Å². The fourth-order valence-corrected chi connectivity index (χ4v) is 3.09. The fraction of sp³-hybridized carbons (Fsp3) is 0.733. The maximum atomic E-state index is 4.55. The molecule has 118 valence electrons. The summed E-state index contributed by atoms with van der Waals surface area (Å²) in [6, 6.07) is 2.65. The van der Waals surface area contributed by atoms with Gasteiger partial charge in [-0.1, -0.05) is 25.6 Å². The molecule has 2 heterocycles. The third-order valence-corrected chi connectivity index (χ3v) is 4.42. The van der Waals surface area contributed by atoms with Crippen molar-refractivity contribution in [2.45, 2.75) is 44.3 Å². The number of aromatic nitrogens is 2. The number of likely N-dealkylation sites (tertiary alicyclic amines) is 1. The normalized spacial score (nSPS) is 18.9. The van der Waals surface area contributed by atoms with E-state index < -0.39 is 0 Å². The van der Waals surface area contributed by atoms with Gasteiger partial charge in [0.2, 0.25) is 0 Å². The smallest absolute Gasteiger partial charge is 0.191 e. The minimum atomic E-state index is 0.634. The highest BCUT2D eigenvalue weighted by molar-refractivity contribution is 7.98.